The van der Waals surface area contributed by atoms with Crippen molar-refractivity contribution in [2.45, 2.75) is 32.9 Å². The lowest BCUT2D eigenvalue weighted by atomic mass is 10.0. The van der Waals surface area contributed by atoms with Crippen LogP contribution in [0.25, 0.3) is 118 Å². The normalized spacial score (nSPS) is 11.3. The van der Waals surface area contributed by atoms with E-state index in [-0.39, 0.29) is 31.1 Å². The molecule has 0 radical (unpaired) electrons. The molecule has 0 spiro atoms. The molecule has 0 amide bonds. The van der Waals surface area contributed by atoms with Gasteiger partial charge in [0.1, 0.15) is 69.4 Å². The van der Waals surface area contributed by atoms with Gasteiger partial charge in [-0.3, -0.25) is 4.57 Å². The predicted molar refractivity (Wildman–Crippen MR) is 481 cm³/mol. The zero-order valence-corrected chi connectivity index (χ0v) is 67.9. The Morgan fingerprint density at radius 2 is 0.659 bits per heavy atom. The number of halogens is 2. The Bertz CT molecular complexity index is 7130. The van der Waals surface area contributed by atoms with Crippen molar-refractivity contribution in [1.82, 2.24) is 39.0 Å². The second-order valence-corrected chi connectivity index (χ2v) is 33.0. The molecule has 20 heteroatoms. The third kappa shape index (κ3) is 18.2. The highest BCUT2D eigenvalue weighted by atomic mass is 32.2. The van der Waals surface area contributed by atoms with Gasteiger partial charge < -0.3 is 34.2 Å². The van der Waals surface area contributed by atoms with Crippen LogP contribution in [-0.4, -0.2) is 66.1 Å². The van der Waals surface area contributed by atoms with Gasteiger partial charge in [0, 0.05) is 35.0 Å². The maximum absolute atomic E-state index is 14.0. The summed E-state index contributed by atoms with van der Waals surface area (Å²) in [6.45, 7) is 2.10. The summed E-state index contributed by atoms with van der Waals surface area (Å²) in [5.41, 5.74) is 20.4. The van der Waals surface area contributed by atoms with Crippen molar-refractivity contribution in [3.63, 3.8) is 0 Å². The summed E-state index contributed by atoms with van der Waals surface area (Å²) in [4.78, 5) is 26.4. The van der Waals surface area contributed by atoms with E-state index < -0.39 is 31.3 Å². The van der Waals surface area contributed by atoms with Crippen LogP contribution in [0.5, 0.6) is 34.5 Å². The number of nitrogens with zero attached hydrogens (tertiary/aromatic N) is 6. The van der Waals surface area contributed by atoms with Crippen molar-refractivity contribution in [2.75, 3.05) is 0 Å². The zero-order valence-electron chi connectivity index (χ0n) is 66.3. The fourth-order valence-corrected chi connectivity index (χ4v) is 16.8. The van der Waals surface area contributed by atoms with Gasteiger partial charge in [-0.1, -0.05) is 175 Å². The highest BCUT2D eigenvalue weighted by Gasteiger charge is 2.23. The van der Waals surface area contributed by atoms with Crippen molar-refractivity contribution in [3.05, 3.63) is 417 Å². The summed E-state index contributed by atoms with van der Waals surface area (Å²) < 4.78 is 93.7. The number of hydrogen-bond acceptors (Lipinski definition) is 12. The summed E-state index contributed by atoms with van der Waals surface area (Å²) in [6.07, 6.45) is 0.880. The first-order valence-corrected chi connectivity index (χ1v) is 42.3. The Morgan fingerprint density at radius 3 is 1.10 bits per heavy atom. The number of rotatable bonds is 17. The molecule has 0 aliphatic heterocycles. The fourth-order valence-electron chi connectivity index (χ4n) is 14.3. The number of nitrogens with one attached hydrogen (secondary N) is 2. The van der Waals surface area contributed by atoms with Crippen LogP contribution in [-0.2, 0) is 33.1 Å². The van der Waals surface area contributed by atoms with E-state index in [9.17, 15) is 25.6 Å². The van der Waals surface area contributed by atoms with Gasteiger partial charge in [-0.2, -0.15) is 0 Å². The average Bonchev–Trinajstić information content (AvgIpc) is 1.60. The number of sulfone groups is 2. The number of ether oxygens (including phenoxy) is 2. The molecule has 16 nitrogen and oxygen atoms in total. The second-order valence-electron chi connectivity index (χ2n) is 29.1. The number of aromatic hydroxyl groups is 2. The smallest absolute Gasteiger partial charge is 0.206 e. The molecule has 16 aromatic carbocycles. The summed E-state index contributed by atoms with van der Waals surface area (Å²) in [5.74, 6) is 5.53. The molecule has 0 saturated heterocycles. The van der Waals surface area contributed by atoms with Crippen molar-refractivity contribution in [2.24, 2.45) is 7.05 Å². The van der Waals surface area contributed by atoms with E-state index >= 15 is 0 Å². The van der Waals surface area contributed by atoms with Crippen LogP contribution in [0.3, 0.4) is 0 Å². The van der Waals surface area contributed by atoms with Crippen LogP contribution in [0.1, 0.15) is 16.7 Å². The highest BCUT2D eigenvalue weighted by Crippen LogP contribution is 2.37. The monoisotopic (exact) mass is 1650 g/mol. The largest absolute Gasteiger partial charge is 0.508 e. The van der Waals surface area contributed by atoms with Gasteiger partial charge >= 0.3 is 0 Å². The van der Waals surface area contributed by atoms with E-state index in [4.69, 9.17) is 29.7 Å². The molecule has 0 fully saturated rings. The van der Waals surface area contributed by atoms with Crippen LogP contribution >= 0.6 is 0 Å². The number of aromatic nitrogens is 8. The van der Waals surface area contributed by atoms with Gasteiger partial charge in [0.15, 0.2) is 0 Å². The summed E-state index contributed by atoms with van der Waals surface area (Å²) in [6, 6.07) is 118. The number of benzene rings is 16. The Labute approximate surface area is 708 Å². The maximum atomic E-state index is 14.0. The Hall–Kier alpha value is -15.6. The van der Waals surface area contributed by atoms with E-state index in [2.05, 4.69) is 109 Å². The number of aryl methyl sites for hydroxylation is 2. The topological polar surface area (TPSA) is 220 Å². The van der Waals surface area contributed by atoms with Crippen molar-refractivity contribution in [3.8, 4) is 108 Å². The molecule has 0 aliphatic carbocycles. The Morgan fingerprint density at radius 1 is 0.325 bits per heavy atom. The predicted octanol–water partition coefficient (Wildman–Crippen LogP) is 24.6. The average molecular weight is 1660 g/mol. The summed E-state index contributed by atoms with van der Waals surface area (Å²) in [7, 11) is -5.52. The Kier molecular flexibility index (Phi) is 22.8. The van der Waals surface area contributed by atoms with E-state index in [1.165, 1.54) is 41.0 Å². The van der Waals surface area contributed by atoms with Gasteiger partial charge in [-0.15, -0.1) is 0 Å². The second kappa shape index (κ2) is 35.1. The van der Waals surface area contributed by atoms with E-state index in [0.29, 0.717) is 11.5 Å². The third-order valence-corrected chi connectivity index (χ3v) is 24.3. The molecule has 0 bridgehead atoms. The van der Waals surface area contributed by atoms with E-state index in [1.54, 1.807) is 60.7 Å². The first-order valence-electron chi connectivity index (χ1n) is 39.4. The number of phenols is 2. The van der Waals surface area contributed by atoms with Crippen LogP contribution in [0.2, 0.25) is 0 Å². The first-order chi connectivity index (χ1) is 59.8. The quantitative estimate of drug-likeness (QED) is 0.0626. The lowest BCUT2D eigenvalue weighted by molar-refractivity contribution is 0.474. The minimum Gasteiger partial charge on any atom is -0.508 e. The molecule has 0 saturated carbocycles. The SMILES string of the molecule is Cc1ccc(Cc2ccc(Oc3ccc(-c4ccc(Oc5ccc(S(=O)(=O)c6ccc(-n7c(-c8cccc(-c9nc%10ccccc%10n9C)c8)nc8ccccc87)cc6)cc5)cc4)cc3)cc2)cc1.O=S(=O)(c1ccc(F)cc1)c1ccc(F)cc1.Oc1ccc(-c2ccc(O)cc2)cc1.c1cc(-c2nc3ccccc3[nH]2)cc(-c2nc3ccccc3[nH]2)c1. The van der Waals surface area contributed by atoms with Crippen LogP contribution in [0.15, 0.2) is 408 Å². The molecule has 602 valence electrons. The number of H-pyrrole nitrogens is 2. The van der Waals surface area contributed by atoms with Gasteiger partial charge in [0.05, 0.1) is 63.7 Å². The molecule has 0 atom stereocenters. The molecule has 0 aliphatic rings. The number of hydrogen-bond donors (Lipinski definition) is 4. The molecular weight excluding hydrogens is 1580 g/mol. The van der Waals surface area contributed by atoms with Gasteiger partial charge in [0.2, 0.25) is 19.7 Å². The molecule has 4 aromatic heterocycles. The van der Waals surface area contributed by atoms with E-state index in [0.717, 1.165) is 160 Å². The van der Waals surface area contributed by atoms with Crippen molar-refractivity contribution >= 4 is 63.8 Å². The van der Waals surface area contributed by atoms with Gasteiger partial charge in [-0.05, 0) is 265 Å². The minimum absolute atomic E-state index is 0.0227. The molecule has 20 rings (SSSR count). The van der Waals surface area contributed by atoms with Gasteiger partial charge in [-0.25, -0.2) is 45.6 Å². The minimum atomic E-state index is -3.84. The lowest BCUT2D eigenvalue weighted by Crippen LogP contribution is -2.03. The number of aromatic amines is 2. The molecule has 4 heterocycles. The van der Waals surface area contributed by atoms with E-state index in [1.807, 2.05) is 213 Å². The van der Waals surface area contributed by atoms with Crippen LogP contribution in [0, 0.1) is 18.6 Å². The first kappa shape index (κ1) is 79.8. The van der Waals surface area contributed by atoms with Gasteiger partial charge in [0.25, 0.3) is 0 Å². The number of imidazole rings is 4. The summed E-state index contributed by atoms with van der Waals surface area (Å²) in [5, 5.41) is 18.2. The molecular formula is C103H76F2N8O8S2. The molecule has 4 N–H and O–H groups in total. The Balaban J connectivity index is 0.000000155. The van der Waals surface area contributed by atoms with Crippen molar-refractivity contribution in [1.29, 1.82) is 0 Å². The zero-order chi connectivity index (χ0) is 84.6. The standard InChI is InChI=1S/C59H44N4O4S.C20H14N4.C12H8F2O2S.C12H10O2/c1-40-14-16-41(17-15-40)38-42-18-26-48(27-19-42)66-49-28-20-43(21-29-49)44-22-30-50(31-23-44)67-51-32-36-53(37-33-51)68(64,65)52-34-24-47(25-35-52)63-57-13-6-4-11-55(57)61-59(63)46-9-7-8-45(39-46)58-60-54-10-3-5-12-56(54)62(58)2;1-2-9-16-15(8-1)21-19(22-16)13-6-5-7-14(12-13)20-23-17-10-3-4-11-18(17)24-20;13-9-1-5-11(6-2-9)17(15,16)12-7-3-10(14)4-8-12;13-11-5-1-9(2-6-11)10-3-7-12(14)8-4-10/h3-37,39H,38H2,1-2H3;1-12H,(H,21,22)(H,23,24);1-8H;1-8,13-14H. The van der Waals surface area contributed by atoms with Crippen LogP contribution in [0.4, 0.5) is 8.78 Å². The highest BCUT2D eigenvalue weighted by molar-refractivity contribution is 7.91. The number of para-hydroxylation sites is 8. The molecule has 0 unspecified atom stereocenters. The number of phenolic OH excluding ortho intramolecular Hbond substituents is 2. The number of fused-ring (bicyclic) bond motifs is 4. The van der Waals surface area contributed by atoms with Crippen molar-refractivity contribution < 1.29 is 45.3 Å². The lowest BCUT2D eigenvalue weighted by Gasteiger charge is -2.12. The summed E-state index contributed by atoms with van der Waals surface area (Å²) >= 11 is 0. The fraction of sp³-hybridized carbons (Fsp3) is 0.0291. The molecule has 20 aromatic rings. The maximum Gasteiger partial charge on any atom is 0.206 e. The molecule has 123 heavy (non-hydrogen) atoms. The third-order valence-electron chi connectivity index (χ3n) is 20.7. The van der Waals surface area contributed by atoms with Crippen LogP contribution < -0.4 is 9.47 Å².